The fraction of sp³-hybridized carbons (Fsp3) is 0.316. The lowest BCUT2D eigenvalue weighted by atomic mass is 9.95. The first-order valence-corrected chi connectivity index (χ1v) is 8.01. The normalized spacial score (nSPS) is 14.9. The van der Waals surface area contributed by atoms with Gasteiger partial charge in [0.25, 0.3) is 5.91 Å². The van der Waals surface area contributed by atoms with Gasteiger partial charge in [0.1, 0.15) is 7.85 Å². The molecule has 0 unspecified atom stereocenters. The summed E-state index contributed by atoms with van der Waals surface area (Å²) in [6, 6.07) is 13.7. The second kappa shape index (κ2) is 6.49. The number of nitrogens with zero attached hydrogens (tertiary/aromatic N) is 2. The van der Waals surface area contributed by atoms with Crippen molar-refractivity contribution in [2.75, 3.05) is 31.1 Å². The van der Waals surface area contributed by atoms with Gasteiger partial charge in [-0.3, -0.25) is 4.79 Å². The Balaban J connectivity index is 1.66. The van der Waals surface area contributed by atoms with Gasteiger partial charge in [0, 0.05) is 37.4 Å². The summed E-state index contributed by atoms with van der Waals surface area (Å²) in [7, 11) is 5.68. The van der Waals surface area contributed by atoms with Gasteiger partial charge >= 0.3 is 0 Å². The van der Waals surface area contributed by atoms with Gasteiger partial charge in [0.15, 0.2) is 0 Å². The summed E-state index contributed by atoms with van der Waals surface area (Å²) in [5, 5.41) is 0. The monoisotopic (exact) mass is 304 g/mol. The Morgan fingerprint density at radius 1 is 0.957 bits per heavy atom. The molecule has 1 aliphatic rings. The van der Waals surface area contributed by atoms with Gasteiger partial charge in [0.2, 0.25) is 0 Å². The average Bonchev–Trinajstić information content (AvgIpc) is 2.55. The van der Waals surface area contributed by atoms with Crippen LogP contribution in [0.15, 0.2) is 42.5 Å². The van der Waals surface area contributed by atoms with Crippen LogP contribution in [-0.2, 0) is 0 Å². The SMILES string of the molecule is [B]c1ccc(C(=O)N2CCN(c3ccc(C)cc3C)CC2)cc1. The zero-order chi connectivity index (χ0) is 16.4. The van der Waals surface area contributed by atoms with Crippen LogP contribution in [0.3, 0.4) is 0 Å². The molecule has 2 aromatic carbocycles. The van der Waals surface area contributed by atoms with Crippen molar-refractivity contribution in [1.29, 1.82) is 0 Å². The van der Waals surface area contributed by atoms with E-state index in [9.17, 15) is 4.79 Å². The van der Waals surface area contributed by atoms with E-state index in [2.05, 4.69) is 36.9 Å². The number of rotatable bonds is 2. The third kappa shape index (κ3) is 3.41. The van der Waals surface area contributed by atoms with Crippen molar-refractivity contribution in [2.45, 2.75) is 13.8 Å². The highest BCUT2D eigenvalue weighted by atomic mass is 16.2. The summed E-state index contributed by atoms with van der Waals surface area (Å²) >= 11 is 0. The minimum atomic E-state index is 0.0882. The maximum Gasteiger partial charge on any atom is 0.253 e. The summed E-state index contributed by atoms with van der Waals surface area (Å²) in [6.45, 7) is 7.48. The molecule has 0 N–H and O–H groups in total. The van der Waals surface area contributed by atoms with Crippen molar-refractivity contribution < 1.29 is 4.79 Å². The largest absolute Gasteiger partial charge is 0.368 e. The van der Waals surface area contributed by atoms with Gasteiger partial charge in [-0.25, -0.2) is 0 Å². The number of benzene rings is 2. The van der Waals surface area contributed by atoms with E-state index in [0.29, 0.717) is 11.0 Å². The smallest absolute Gasteiger partial charge is 0.253 e. The van der Waals surface area contributed by atoms with Gasteiger partial charge in [-0.05, 0) is 25.5 Å². The number of aryl methyl sites for hydroxylation is 2. The van der Waals surface area contributed by atoms with E-state index in [0.717, 1.165) is 26.2 Å². The first-order chi connectivity index (χ1) is 11.0. The molecule has 3 nitrogen and oxygen atoms in total. The highest BCUT2D eigenvalue weighted by Gasteiger charge is 2.22. The molecule has 0 spiro atoms. The molecule has 0 aliphatic carbocycles. The Hall–Kier alpha value is -2.23. The second-order valence-corrected chi connectivity index (χ2v) is 6.19. The van der Waals surface area contributed by atoms with E-state index in [1.54, 1.807) is 24.3 Å². The molecular formula is C19H21BN2O. The van der Waals surface area contributed by atoms with Gasteiger partial charge in [0.05, 0.1) is 0 Å². The number of anilines is 1. The molecule has 4 heteroatoms. The topological polar surface area (TPSA) is 23.6 Å². The standard InChI is InChI=1S/C19H21BN2O/c1-14-3-8-18(15(2)13-14)21-9-11-22(12-10-21)19(23)16-4-6-17(20)7-5-16/h3-8,13H,9-12H2,1-2H3. The highest BCUT2D eigenvalue weighted by molar-refractivity contribution is 6.32. The summed E-state index contributed by atoms with van der Waals surface area (Å²) < 4.78 is 0. The molecule has 1 amide bonds. The zero-order valence-corrected chi connectivity index (χ0v) is 13.7. The molecule has 0 atom stereocenters. The van der Waals surface area contributed by atoms with Gasteiger partial charge in [-0.1, -0.05) is 47.4 Å². The van der Waals surface area contributed by atoms with Crippen LogP contribution in [-0.4, -0.2) is 44.8 Å². The summed E-state index contributed by atoms with van der Waals surface area (Å²) in [5.74, 6) is 0.0882. The van der Waals surface area contributed by atoms with Crippen LogP contribution in [0.4, 0.5) is 5.69 Å². The van der Waals surface area contributed by atoms with E-state index in [1.807, 2.05) is 4.90 Å². The number of hydrogen-bond acceptors (Lipinski definition) is 2. The second-order valence-electron chi connectivity index (χ2n) is 6.19. The molecule has 0 saturated carbocycles. The van der Waals surface area contributed by atoms with Crippen molar-refractivity contribution in [3.05, 3.63) is 59.2 Å². The summed E-state index contributed by atoms with van der Waals surface area (Å²) in [6.07, 6.45) is 0. The summed E-state index contributed by atoms with van der Waals surface area (Å²) in [5.41, 5.74) is 5.24. The maximum absolute atomic E-state index is 12.5. The van der Waals surface area contributed by atoms with Crippen LogP contribution in [0, 0.1) is 13.8 Å². The molecule has 2 radical (unpaired) electrons. The molecule has 2 aromatic rings. The molecule has 23 heavy (non-hydrogen) atoms. The first-order valence-electron chi connectivity index (χ1n) is 8.01. The number of carbonyl (C=O) groups excluding carboxylic acids is 1. The third-order valence-corrected chi connectivity index (χ3v) is 4.42. The van der Waals surface area contributed by atoms with E-state index >= 15 is 0 Å². The number of amides is 1. The predicted octanol–water partition coefficient (Wildman–Crippen LogP) is 2.06. The predicted molar refractivity (Wildman–Crippen MR) is 95.9 cm³/mol. The zero-order valence-electron chi connectivity index (χ0n) is 13.7. The average molecular weight is 304 g/mol. The molecule has 1 aliphatic heterocycles. The Bertz CT molecular complexity index is 704. The van der Waals surface area contributed by atoms with Crippen LogP contribution < -0.4 is 10.4 Å². The Kier molecular flexibility index (Phi) is 4.42. The molecule has 116 valence electrons. The fourth-order valence-electron chi connectivity index (χ4n) is 3.12. The van der Waals surface area contributed by atoms with Crippen LogP contribution in [0.2, 0.25) is 0 Å². The lowest BCUT2D eigenvalue weighted by molar-refractivity contribution is 0.0747. The van der Waals surface area contributed by atoms with Crippen molar-refractivity contribution in [1.82, 2.24) is 4.90 Å². The number of carbonyl (C=O) groups is 1. The molecule has 1 fully saturated rings. The molecule has 1 saturated heterocycles. The third-order valence-electron chi connectivity index (χ3n) is 4.42. The maximum atomic E-state index is 12.5. The molecule has 1 heterocycles. The molecule has 0 bridgehead atoms. The van der Waals surface area contributed by atoms with Crippen molar-refractivity contribution in [3.63, 3.8) is 0 Å². The Morgan fingerprint density at radius 3 is 2.22 bits per heavy atom. The highest BCUT2D eigenvalue weighted by Crippen LogP contribution is 2.22. The minimum absolute atomic E-state index is 0.0882. The fourth-order valence-corrected chi connectivity index (χ4v) is 3.12. The molecule has 3 rings (SSSR count). The van der Waals surface area contributed by atoms with Crippen LogP contribution >= 0.6 is 0 Å². The van der Waals surface area contributed by atoms with Crippen molar-refractivity contribution in [3.8, 4) is 0 Å². The van der Waals surface area contributed by atoms with Crippen LogP contribution in [0.1, 0.15) is 21.5 Å². The van der Waals surface area contributed by atoms with Gasteiger partial charge in [-0.2, -0.15) is 0 Å². The van der Waals surface area contributed by atoms with E-state index in [1.165, 1.54) is 16.8 Å². The lowest BCUT2D eigenvalue weighted by Gasteiger charge is -2.37. The van der Waals surface area contributed by atoms with Gasteiger partial charge < -0.3 is 9.80 Å². The van der Waals surface area contributed by atoms with Crippen LogP contribution in [0.25, 0.3) is 0 Å². The van der Waals surface area contributed by atoms with E-state index < -0.39 is 0 Å². The lowest BCUT2D eigenvalue weighted by Crippen LogP contribution is -2.49. The van der Waals surface area contributed by atoms with Gasteiger partial charge in [-0.15, -0.1) is 0 Å². The van der Waals surface area contributed by atoms with Crippen LogP contribution in [0.5, 0.6) is 0 Å². The summed E-state index contributed by atoms with van der Waals surface area (Å²) in [4.78, 5) is 16.8. The first kappa shape index (κ1) is 15.7. The van der Waals surface area contributed by atoms with E-state index in [4.69, 9.17) is 7.85 Å². The Morgan fingerprint density at radius 2 is 1.61 bits per heavy atom. The quantitative estimate of drug-likeness (QED) is 0.793. The number of hydrogen-bond donors (Lipinski definition) is 0. The van der Waals surface area contributed by atoms with Crippen molar-refractivity contribution in [2.24, 2.45) is 0 Å². The molecular weight excluding hydrogens is 283 g/mol. The minimum Gasteiger partial charge on any atom is -0.368 e. The number of piperazine rings is 1. The van der Waals surface area contributed by atoms with Crippen molar-refractivity contribution >= 4 is 24.9 Å². The molecule has 0 aromatic heterocycles. The van der Waals surface area contributed by atoms with E-state index in [-0.39, 0.29) is 5.91 Å². The Labute approximate surface area is 139 Å².